The Labute approximate surface area is 129 Å². The van der Waals surface area contributed by atoms with Crippen molar-refractivity contribution in [1.29, 1.82) is 0 Å². The molecule has 0 bridgehead atoms. The van der Waals surface area contributed by atoms with E-state index in [-0.39, 0.29) is 24.4 Å². The van der Waals surface area contributed by atoms with E-state index in [9.17, 15) is 9.59 Å². The fraction of sp³-hybridized carbons (Fsp3) is 0.429. The lowest BCUT2D eigenvalue weighted by molar-refractivity contribution is -0.137. The summed E-state index contributed by atoms with van der Waals surface area (Å²) in [4.78, 5) is 23.5. The first-order valence-electron chi connectivity index (χ1n) is 7.12. The topological polar surface area (TPSA) is 89.5 Å². The Morgan fingerprint density at radius 3 is 2.91 bits per heavy atom. The minimum Gasteiger partial charge on any atom is -0.481 e. The fourth-order valence-corrected chi connectivity index (χ4v) is 3.32. The Morgan fingerprint density at radius 1 is 1.45 bits per heavy atom. The summed E-state index contributed by atoms with van der Waals surface area (Å²) in [5, 5.41) is 19.0. The van der Waals surface area contributed by atoms with Gasteiger partial charge in [-0.3, -0.25) is 18.6 Å². The number of thiophene rings is 1. The molecule has 8 heteroatoms. The van der Waals surface area contributed by atoms with Crippen LogP contribution in [0.3, 0.4) is 0 Å². The van der Waals surface area contributed by atoms with Gasteiger partial charge in [0.05, 0.1) is 11.9 Å². The van der Waals surface area contributed by atoms with Gasteiger partial charge < -0.3 is 5.11 Å². The van der Waals surface area contributed by atoms with Gasteiger partial charge in [0, 0.05) is 12.5 Å². The Hall–Kier alpha value is -2.22. The maximum absolute atomic E-state index is 12.7. The Kier molecular flexibility index (Phi) is 3.69. The predicted molar refractivity (Wildman–Crippen MR) is 83.6 cm³/mol. The van der Waals surface area contributed by atoms with Crippen LogP contribution in [0, 0.1) is 0 Å². The van der Waals surface area contributed by atoms with Crippen LogP contribution in [0.5, 0.6) is 0 Å². The molecule has 0 saturated carbocycles. The lowest BCUT2D eigenvalue weighted by Gasteiger charge is -2.14. The fourth-order valence-electron chi connectivity index (χ4n) is 2.51. The molecule has 0 aliphatic carbocycles. The van der Waals surface area contributed by atoms with Crippen molar-refractivity contribution in [2.45, 2.75) is 39.2 Å². The molecule has 1 atom stereocenters. The number of hydrogen-bond acceptors (Lipinski definition) is 5. The zero-order valence-corrected chi connectivity index (χ0v) is 13.1. The van der Waals surface area contributed by atoms with E-state index in [2.05, 4.69) is 10.2 Å². The molecule has 0 aliphatic rings. The van der Waals surface area contributed by atoms with Gasteiger partial charge >= 0.3 is 5.97 Å². The number of nitrogens with zero attached hydrogens (tertiary/aromatic N) is 4. The van der Waals surface area contributed by atoms with Gasteiger partial charge in [0.1, 0.15) is 10.5 Å². The largest absolute Gasteiger partial charge is 0.481 e. The van der Waals surface area contributed by atoms with Crippen LogP contribution < -0.4 is 5.56 Å². The predicted octanol–water partition coefficient (Wildman–Crippen LogP) is 2.09. The molecular formula is C14H16N4O3S. The van der Waals surface area contributed by atoms with E-state index in [4.69, 9.17) is 5.11 Å². The third kappa shape index (κ3) is 2.19. The number of aryl methyl sites for hydroxylation is 1. The minimum absolute atomic E-state index is 0.00183. The van der Waals surface area contributed by atoms with Gasteiger partial charge in [-0.05, 0) is 24.8 Å². The SMILES string of the molecule is CC[C@@H](C)n1c(=O)c2sccc2n2c(CCC(=O)O)nnc12. The standard InChI is InChI=1S/C14H16N4O3S/c1-3-8(2)17-13(21)12-9(6-7-22-12)18-10(4-5-11(19)20)15-16-14(17)18/h6-8H,3-5H2,1-2H3,(H,19,20)/t8-/m1/s1. The van der Waals surface area contributed by atoms with E-state index in [1.807, 2.05) is 29.7 Å². The Morgan fingerprint density at radius 2 is 2.23 bits per heavy atom. The maximum atomic E-state index is 12.7. The van der Waals surface area contributed by atoms with Crippen molar-refractivity contribution in [2.24, 2.45) is 0 Å². The molecule has 0 amide bonds. The highest BCUT2D eigenvalue weighted by atomic mass is 32.1. The smallest absolute Gasteiger partial charge is 0.303 e. The van der Waals surface area contributed by atoms with Crippen LogP contribution in [0.2, 0.25) is 0 Å². The van der Waals surface area contributed by atoms with Crippen LogP contribution in [-0.4, -0.2) is 30.2 Å². The third-order valence-corrected chi connectivity index (χ3v) is 4.71. The van der Waals surface area contributed by atoms with Crippen molar-refractivity contribution >= 4 is 33.3 Å². The lowest BCUT2D eigenvalue weighted by atomic mass is 10.2. The van der Waals surface area contributed by atoms with Crippen molar-refractivity contribution < 1.29 is 9.90 Å². The molecule has 0 spiro atoms. The summed E-state index contributed by atoms with van der Waals surface area (Å²) in [6, 6.07) is 1.85. The Balaban J connectivity index is 2.33. The summed E-state index contributed by atoms with van der Waals surface area (Å²) in [7, 11) is 0. The first-order chi connectivity index (χ1) is 10.5. The van der Waals surface area contributed by atoms with Gasteiger partial charge in [0.25, 0.3) is 5.56 Å². The molecule has 3 aromatic heterocycles. The van der Waals surface area contributed by atoms with Crippen LogP contribution >= 0.6 is 11.3 Å². The molecule has 0 radical (unpaired) electrons. The van der Waals surface area contributed by atoms with Crippen molar-refractivity contribution in [3.63, 3.8) is 0 Å². The molecule has 0 saturated heterocycles. The average molecular weight is 320 g/mol. The molecule has 1 N–H and O–H groups in total. The molecule has 7 nitrogen and oxygen atoms in total. The van der Waals surface area contributed by atoms with E-state index >= 15 is 0 Å². The normalized spacial score (nSPS) is 13.0. The number of aliphatic carboxylic acids is 1. The highest BCUT2D eigenvalue weighted by Gasteiger charge is 2.20. The minimum atomic E-state index is -0.881. The van der Waals surface area contributed by atoms with Gasteiger partial charge in [-0.1, -0.05) is 6.92 Å². The average Bonchev–Trinajstić information content (AvgIpc) is 3.11. The van der Waals surface area contributed by atoms with Crippen LogP contribution in [0.4, 0.5) is 0 Å². The summed E-state index contributed by atoms with van der Waals surface area (Å²) >= 11 is 1.38. The quantitative estimate of drug-likeness (QED) is 0.777. The second-order valence-corrected chi connectivity index (χ2v) is 6.13. The first kappa shape index (κ1) is 14.7. The van der Waals surface area contributed by atoms with Crippen molar-refractivity contribution in [3.8, 4) is 0 Å². The maximum Gasteiger partial charge on any atom is 0.303 e. The molecule has 116 valence electrons. The van der Waals surface area contributed by atoms with Crippen molar-refractivity contribution in [3.05, 3.63) is 27.6 Å². The van der Waals surface area contributed by atoms with Crippen LogP contribution in [0.25, 0.3) is 16.0 Å². The zero-order valence-electron chi connectivity index (χ0n) is 12.3. The molecule has 0 fully saturated rings. The van der Waals surface area contributed by atoms with Crippen molar-refractivity contribution in [2.75, 3.05) is 0 Å². The second-order valence-electron chi connectivity index (χ2n) is 5.21. The zero-order chi connectivity index (χ0) is 15.9. The molecule has 0 aliphatic heterocycles. The summed E-state index contributed by atoms with van der Waals surface area (Å²) < 4.78 is 4.10. The molecule has 0 aromatic carbocycles. The van der Waals surface area contributed by atoms with Crippen LogP contribution in [0.15, 0.2) is 16.2 Å². The van der Waals surface area contributed by atoms with Gasteiger partial charge in [-0.25, -0.2) is 0 Å². The highest BCUT2D eigenvalue weighted by Crippen LogP contribution is 2.22. The highest BCUT2D eigenvalue weighted by molar-refractivity contribution is 7.17. The Bertz CT molecular complexity index is 908. The summed E-state index contributed by atoms with van der Waals surface area (Å²) in [6.45, 7) is 3.97. The number of carbonyl (C=O) groups is 1. The molecule has 22 heavy (non-hydrogen) atoms. The van der Waals surface area contributed by atoms with E-state index < -0.39 is 5.97 Å². The first-order valence-corrected chi connectivity index (χ1v) is 8.00. The second kappa shape index (κ2) is 5.53. The van der Waals surface area contributed by atoms with Crippen molar-refractivity contribution in [1.82, 2.24) is 19.2 Å². The molecule has 3 aromatic rings. The van der Waals surface area contributed by atoms with E-state index in [1.54, 1.807) is 4.57 Å². The number of carboxylic acid groups (broad SMARTS) is 1. The number of carboxylic acids is 1. The molecule has 0 unspecified atom stereocenters. The van der Waals surface area contributed by atoms with Crippen LogP contribution in [0.1, 0.15) is 38.6 Å². The lowest BCUT2D eigenvalue weighted by Crippen LogP contribution is -2.25. The number of aromatic nitrogens is 4. The number of fused-ring (bicyclic) bond motifs is 3. The van der Waals surface area contributed by atoms with Gasteiger partial charge in [0.15, 0.2) is 0 Å². The van der Waals surface area contributed by atoms with E-state index in [0.29, 0.717) is 16.3 Å². The molecule has 3 heterocycles. The number of hydrogen-bond donors (Lipinski definition) is 1. The van der Waals surface area contributed by atoms with E-state index in [0.717, 1.165) is 11.9 Å². The summed E-state index contributed by atoms with van der Waals surface area (Å²) in [5.41, 5.74) is 0.680. The molecule has 3 rings (SSSR count). The monoisotopic (exact) mass is 320 g/mol. The van der Waals surface area contributed by atoms with Gasteiger partial charge in [-0.15, -0.1) is 21.5 Å². The summed E-state index contributed by atoms with van der Waals surface area (Å²) in [5.74, 6) is 0.164. The van der Waals surface area contributed by atoms with E-state index in [1.165, 1.54) is 11.3 Å². The molecular weight excluding hydrogens is 304 g/mol. The van der Waals surface area contributed by atoms with Gasteiger partial charge in [0.2, 0.25) is 5.78 Å². The third-order valence-electron chi connectivity index (χ3n) is 3.82. The summed E-state index contributed by atoms with van der Waals surface area (Å²) in [6.07, 6.45) is 1.05. The van der Waals surface area contributed by atoms with Gasteiger partial charge in [-0.2, -0.15) is 0 Å². The van der Waals surface area contributed by atoms with Crippen LogP contribution in [-0.2, 0) is 11.2 Å². The number of rotatable bonds is 5.